The molecule has 0 aromatic rings. The Balaban J connectivity index is 3.57. The van der Waals surface area contributed by atoms with Crippen LogP contribution in [0.3, 0.4) is 0 Å². The lowest BCUT2D eigenvalue weighted by atomic mass is 10.0. The first-order valence-corrected chi connectivity index (χ1v) is 23.7. The van der Waals surface area contributed by atoms with Crippen molar-refractivity contribution in [2.75, 3.05) is 13.2 Å². The van der Waals surface area contributed by atoms with Gasteiger partial charge in [0.1, 0.15) is 0 Å². The molecule has 0 bridgehead atoms. The number of carbonyl (C=O) groups is 2. The van der Waals surface area contributed by atoms with Gasteiger partial charge in [-0.25, -0.2) is 0 Å². The van der Waals surface area contributed by atoms with Crippen LogP contribution in [0.5, 0.6) is 0 Å². The summed E-state index contributed by atoms with van der Waals surface area (Å²) in [5.41, 5.74) is 0. The number of carbonyl (C=O) groups excluding carboxylic acids is 2. The summed E-state index contributed by atoms with van der Waals surface area (Å²) in [4.78, 5) is 24.4. The van der Waals surface area contributed by atoms with E-state index in [2.05, 4.69) is 55.6 Å². The molecule has 0 aromatic carbocycles. The van der Waals surface area contributed by atoms with E-state index in [0.717, 1.165) is 83.5 Å². The molecule has 0 radical (unpaired) electrons. The molecular formula is C49H91NO5. The van der Waals surface area contributed by atoms with Gasteiger partial charge in [-0.3, -0.25) is 9.59 Å². The molecule has 0 aliphatic rings. The van der Waals surface area contributed by atoms with E-state index in [1.54, 1.807) is 0 Å². The minimum Gasteiger partial charge on any atom is -0.466 e. The fourth-order valence-electron chi connectivity index (χ4n) is 6.96. The van der Waals surface area contributed by atoms with Crippen LogP contribution in [0.25, 0.3) is 0 Å². The third kappa shape index (κ3) is 41.5. The van der Waals surface area contributed by atoms with Gasteiger partial charge in [0.05, 0.1) is 25.4 Å². The number of ether oxygens (including phenoxy) is 1. The molecule has 0 saturated carbocycles. The number of esters is 1. The Morgan fingerprint density at radius 1 is 0.509 bits per heavy atom. The van der Waals surface area contributed by atoms with Crippen molar-refractivity contribution < 1.29 is 24.5 Å². The van der Waals surface area contributed by atoms with Crippen molar-refractivity contribution in [1.29, 1.82) is 0 Å². The number of aliphatic hydroxyl groups excluding tert-OH is 2. The molecule has 3 N–H and O–H groups in total. The van der Waals surface area contributed by atoms with Crippen LogP contribution in [0.15, 0.2) is 36.5 Å². The third-order valence-corrected chi connectivity index (χ3v) is 10.7. The summed E-state index contributed by atoms with van der Waals surface area (Å²) in [5.74, 6) is -0.148. The zero-order chi connectivity index (χ0) is 40.1. The van der Waals surface area contributed by atoms with Gasteiger partial charge in [0.15, 0.2) is 0 Å². The van der Waals surface area contributed by atoms with Crippen LogP contribution < -0.4 is 5.32 Å². The summed E-state index contributed by atoms with van der Waals surface area (Å²) in [7, 11) is 0. The lowest BCUT2D eigenvalue weighted by Gasteiger charge is -2.22. The molecule has 2 atom stereocenters. The molecule has 322 valence electrons. The van der Waals surface area contributed by atoms with Crippen molar-refractivity contribution in [3.8, 4) is 0 Å². The highest BCUT2D eigenvalue weighted by atomic mass is 16.5. The van der Waals surface area contributed by atoms with E-state index in [1.807, 2.05) is 0 Å². The zero-order valence-electron chi connectivity index (χ0n) is 36.4. The molecule has 2 unspecified atom stereocenters. The second kappa shape index (κ2) is 44.8. The molecular weight excluding hydrogens is 683 g/mol. The standard InChI is InChI=1S/C49H91NO5/c1-3-5-7-9-11-13-15-17-18-19-21-23-27-31-35-39-43-49(54)55-44-40-36-32-28-24-26-30-34-38-42-48(53)50-46(45-51)47(52)41-37-33-29-25-22-20-16-14-12-10-8-6-4-2/h13,15,18-19,26,30,46-47,51-52H,3-12,14,16-17,20-25,27-29,31-45H2,1-2H3,(H,50,53)/b15-13-,19-18-,30-26-. The second-order valence-electron chi connectivity index (χ2n) is 16.1. The normalized spacial score (nSPS) is 13.0. The van der Waals surface area contributed by atoms with Crippen molar-refractivity contribution in [3.63, 3.8) is 0 Å². The van der Waals surface area contributed by atoms with E-state index in [1.165, 1.54) is 122 Å². The Hall–Kier alpha value is -1.92. The van der Waals surface area contributed by atoms with Crippen LogP contribution in [-0.2, 0) is 14.3 Å². The molecule has 0 fully saturated rings. The van der Waals surface area contributed by atoms with Crippen LogP contribution in [0.1, 0.15) is 239 Å². The predicted octanol–water partition coefficient (Wildman–Crippen LogP) is 13.7. The van der Waals surface area contributed by atoms with Crippen molar-refractivity contribution in [2.45, 2.75) is 251 Å². The molecule has 1 amide bonds. The SMILES string of the molecule is CCCCCC/C=C\C/C=C\CCCCCCCC(=O)OCCCCCC/C=C\CCCC(=O)NC(CO)C(O)CCCCCCCCCCCCCCC. The van der Waals surface area contributed by atoms with Crippen LogP contribution in [0, 0.1) is 0 Å². The van der Waals surface area contributed by atoms with E-state index in [0.29, 0.717) is 25.9 Å². The smallest absolute Gasteiger partial charge is 0.305 e. The summed E-state index contributed by atoms with van der Waals surface area (Å²) in [6.45, 7) is 4.82. The predicted molar refractivity (Wildman–Crippen MR) is 236 cm³/mol. The molecule has 0 spiro atoms. The van der Waals surface area contributed by atoms with Crippen molar-refractivity contribution in [3.05, 3.63) is 36.5 Å². The molecule has 0 saturated heterocycles. The van der Waals surface area contributed by atoms with Gasteiger partial charge >= 0.3 is 5.97 Å². The quantitative estimate of drug-likeness (QED) is 0.0326. The minimum atomic E-state index is -0.695. The number of allylic oxidation sites excluding steroid dienone is 6. The van der Waals surface area contributed by atoms with Crippen LogP contribution in [0.2, 0.25) is 0 Å². The van der Waals surface area contributed by atoms with E-state index in [4.69, 9.17) is 4.74 Å². The fraction of sp³-hybridized carbons (Fsp3) is 0.837. The molecule has 0 aliphatic carbocycles. The number of hydrogen-bond acceptors (Lipinski definition) is 5. The van der Waals surface area contributed by atoms with Gasteiger partial charge in [-0.1, -0.05) is 185 Å². The summed E-state index contributed by atoms with van der Waals surface area (Å²) in [6, 6.07) is -0.579. The maximum Gasteiger partial charge on any atom is 0.305 e. The Bertz CT molecular complexity index is 900. The van der Waals surface area contributed by atoms with Crippen molar-refractivity contribution >= 4 is 11.9 Å². The van der Waals surface area contributed by atoms with Gasteiger partial charge in [-0.15, -0.1) is 0 Å². The summed E-state index contributed by atoms with van der Waals surface area (Å²) in [6.07, 6.45) is 52.5. The first-order valence-electron chi connectivity index (χ1n) is 23.7. The molecule has 0 heterocycles. The van der Waals surface area contributed by atoms with Crippen LogP contribution >= 0.6 is 0 Å². The van der Waals surface area contributed by atoms with Crippen molar-refractivity contribution in [2.24, 2.45) is 0 Å². The molecule has 6 heteroatoms. The zero-order valence-corrected chi connectivity index (χ0v) is 36.4. The Morgan fingerprint density at radius 2 is 0.927 bits per heavy atom. The summed E-state index contributed by atoms with van der Waals surface area (Å²) in [5, 5.41) is 23.1. The fourth-order valence-corrected chi connectivity index (χ4v) is 6.96. The Labute approximate surface area is 341 Å². The van der Waals surface area contributed by atoms with Gasteiger partial charge in [-0.05, 0) is 77.0 Å². The topological polar surface area (TPSA) is 95.9 Å². The van der Waals surface area contributed by atoms with Gasteiger partial charge in [-0.2, -0.15) is 0 Å². The maximum absolute atomic E-state index is 12.4. The van der Waals surface area contributed by atoms with E-state index in [9.17, 15) is 19.8 Å². The second-order valence-corrected chi connectivity index (χ2v) is 16.1. The van der Waals surface area contributed by atoms with Gasteiger partial charge in [0, 0.05) is 12.8 Å². The highest BCUT2D eigenvalue weighted by Crippen LogP contribution is 2.15. The average Bonchev–Trinajstić information content (AvgIpc) is 3.18. The Kier molecular flexibility index (Phi) is 43.2. The van der Waals surface area contributed by atoms with Crippen molar-refractivity contribution in [1.82, 2.24) is 5.32 Å². The number of unbranched alkanes of at least 4 members (excludes halogenated alkanes) is 26. The molecule has 0 aliphatic heterocycles. The lowest BCUT2D eigenvalue weighted by Crippen LogP contribution is -2.45. The summed E-state index contributed by atoms with van der Waals surface area (Å²) >= 11 is 0. The highest BCUT2D eigenvalue weighted by molar-refractivity contribution is 5.76. The Morgan fingerprint density at radius 3 is 1.45 bits per heavy atom. The molecule has 0 aromatic heterocycles. The average molecular weight is 774 g/mol. The number of hydrogen-bond donors (Lipinski definition) is 3. The monoisotopic (exact) mass is 774 g/mol. The largest absolute Gasteiger partial charge is 0.466 e. The first-order chi connectivity index (χ1) is 27.0. The third-order valence-electron chi connectivity index (χ3n) is 10.7. The van der Waals surface area contributed by atoms with Gasteiger partial charge in [0.2, 0.25) is 5.91 Å². The van der Waals surface area contributed by atoms with E-state index < -0.39 is 12.1 Å². The van der Waals surface area contributed by atoms with Crippen LogP contribution in [-0.4, -0.2) is 47.4 Å². The highest BCUT2D eigenvalue weighted by Gasteiger charge is 2.19. The van der Waals surface area contributed by atoms with E-state index >= 15 is 0 Å². The number of amides is 1. The van der Waals surface area contributed by atoms with E-state index in [-0.39, 0.29) is 18.5 Å². The molecule has 0 rings (SSSR count). The maximum atomic E-state index is 12.4. The lowest BCUT2D eigenvalue weighted by molar-refractivity contribution is -0.143. The first kappa shape index (κ1) is 53.1. The minimum absolute atomic E-state index is 0.0500. The molecule has 6 nitrogen and oxygen atoms in total. The number of aliphatic hydroxyl groups is 2. The molecule has 55 heavy (non-hydrogen) atoms. The van der Waals surface area contributed by atoms with Gasteiger partial charge < -0.3 is 20.3 Å². The number of nitrogens with one attached hydrogen (secondary N) is 1. The summed E-state index contributed by atoms with van der Waals surface area (Å²) < 4.78 is 5.43. The number of rotatable bonds is 43. The van der Waals surface area contributed by atoms with Crippen LogP contribution in [0.4, 0.5) is 0 Å². The van der Waals surface area contributed by atoms with Gasteiger partial charge in [0.25, 0.3) is 0 Å².